The van der Waals surface area contributed by atoms with Crippen molar-refractivity contribution >= 4 is 46.4 Å². The summed E-state index contributed by atoms with van der Waals surface area (Å²) in [4.78, 5) is 19.8. The third kappa shape index (κ3) is 5.25. The van der Waals surface area contributed by atoms with Crippen molar-refractivity contribution in [3.05, 3.63) is 129 Å². The Labute approximate surface area is 223 Å². The van der Waals surface area contributed by atoms with Gasteiger partial charge in [0, 0.05) is 28.4 Å². The van der Waals surface area contributed by atoms with Gasteiger partial charge in [-0.1, -0.05) is 71.2 Å². The van der Waals surface area contributed by atoms with E-state index >= 15 is 0 Å². The lowest BCUT2D eigenvalue weighted by atomic mass is 9.90. The number of halogens is 4. The van der Waals surface area contributed by atoms with E-state index in [1.807, 2.05) is 24.3 Å². The van der Waals surface area contributed by atoms with E-state index in [0.717, 1.165) is 16.7 Å². The highest BCUT2D eigenvalue weighted by Gasteiger charge is 2.45. The van der Waals surface area contributed by atoms with E-state index in [2.05, 4.69) is 4.98 Å². The fraction of sp³-hybridized carbons (Fsp3) is 0.143. The number of nitrogens with zero attached hydrogens (tertiary/aromatic N) is 2. The molecule has 36 heavy (non-hydrogen) atoms. The molecule has 182 valence electrons. The van der Waals surface area contributed by atoms with Gasteiger partial charge in [-0.2, -0.15) is 0 Å². The number of ether oxygens (including phenoxy) is 1. The summed E-state index contributed by atoms with van der Waals surface area (Å²) in [5.41, 5.74) is 3.05. The number of aromatic nitrogens is 1. The highest BCUT2D eigenvalue weighted by molar-refractivity contribution is 6.31. The molecule has 4 aromatic rings. The summed E-state index contributed by atoms with van der Waals surface area (Å²) in [6.45, 7) is 0. The van der Waals surface area contributed by atoms with E-state index in [4.69, 9.17) is 39.5 Å². The van der Waals surface area contributed by atoms with Crippen LogP contribution < -0.4 is 4.90 Å². The number of anilines is 1. The number of hydrogen-bond donors (Lipinski definition) is 0. The minimum atomic E-state index is -0.827. The number of pyridine rings is 1. The highest BCUT2D eigenvalue weighted by Crippen LogP contribution is 2.45. The molecular formula is C28H20Cl3FN2O2. The molecule has 0 bridgehead atoms. The number of carbonyl (C=O) groups is 1. The Hall–Kier alpha value is -2.96. The van der Waals surface area contributed by atoms with Gasteiger partial charge in [0.05, 0.1) is 6.04 Å². The number of rotatable bonds is 5. The summed E-state index contributed by atoms with van der Waals surface area (Å²) in [5.74, 6) is -0.587. The summed E-state index contributed by atoms with van der Waals surface area (Å²) < 4.78 is 20.0. The van der Waals surface area contributed by atoms with Crippen molar-refractivity contribution in [1.29, 1.82) is 0 Å². The normalized spacial score (nSPS) is 19.9. The molecule has 3 atom stereocenters. The molecule has 5 rings (SSSR count). The Morgan fingerprint density at radius 1 is 0.833 bits per heavy atom. The minimum absolute atomic E-state index is 0.244. The van der Waals surface area contributed by atoms with Gasteiger partial charge in [0.25, 0.3) is 5.91 Å². The van der Waals surface area contributed by atoms with Crippen molar-refractivity contribution in [2.45, 2.75) is 24.7 Å². The lowest BCUT2D eigenvalue weighted by Crippen LogP contribution is -2.51. The third-order valence-corrected chi connectivity index (χ3v) is 6.83. The lowest BCUT2D eigenvalue weighted by Gasteiger charge is -2.45. The fourth-order valence-electron chi connectivity index (χ4n) is 4.43. The molecule has 0 aliphatic carbocycles. The molecule has 3 aromatic carbocycles. The second-order valence-corrected chi connectivity index (χ2v) is 9.73. The van der Waals surface area contributed by atoms with Crippen molar-refractivity contribution in [2.75, 3.05) is 4.90 Å². The average molecular weight is 542 g/mol. The molecule has 8 heteroatoms. The van der Waals surface area contributed by atoms with Gasteiger partial charge >= 0.3 is 0 Å². The first-order chi connectivity index (χ1) is 17.4. The minimum Gasteiger partial charge on any atom is -0.358 e. The molecule has 0 radical (unpaired) electrons. The molecule has 1 saturated heterocycles. The number of hydrogen-bond acceptors (Lipinski definition) is 3. The molecule has 0 saturated carbocycles. The molecular weight excluding hydrogens is 522 g/mol. The average Bonchev–Trinajstić information content (AvgIpc) is 2.87. The zero-order valence-electron chi connectivity index (χ0n) is 18.8. The standard InChI is InChI=1S/C28H20Cl3FN2O2/c29-20-7-3-18(4-8-20)26-27(19-5-9-21(30)10-6-19)36-24(15-17-1-11-22(32)12-2-17)28(35)34(26)23-13-14-33-25(31)16-23/h1-14,16,24,26-27H,15H2. The van der Waals surface area contributed by atoms with Crippen LogP contribution in [0.25, 0.3) is 0 Å². The smallest absolute Gasteiger partial charge is 0.257 e. The molecule has 1 amide bonds. The van der Waals surface area contributed by atoms with Gasteiger partial charge in [-0.15, -0.1) is 0 Å². The van der Waals surface area contributed by atoms with Crippen LogP contribution in [0.2, 0.25) is 15.2 Å². The van der Waals surface area contributed by atoms with E-state index < -0.39 is 18.2 Å². The third-order valence-electron chi connectivity index (χ3n) is 6.12. The van der Waals surface area contributed by atoms with Crippen LogP contribution in [-0.2, 0) is 16.0 Å². The second-order valence-electron chi connectivity index (χ2n) is 8.47. The van der Waals surface area contributed by atoms with Gasteiger partial charge in [-0.25, -0.2) is 9.37 Å². The van der Waals surface area contributed by atoms with Crippen LogP contribution >= 0.6 is 34.8 Å². The molecule has 1 aliphatic rings. The van der Waals surface area contributed by atoms with Crippen molar-refractivity contribution in [3.63, 3.8) is 0 Å². The second kappa shape index (κ2) is 10.6. The van der Waals surface area contributed by atoms with Crippen LogP contribution in [0.4, 0.5) is 10.1 Å². The summed E-state index contributed by atoms with van der Waals surface area (Å²) in [6.07, 6.45) is 0.461. The zero-order chi connectivity index (χ0) is 25.2. The molecule has 1 fully saturated rings. The van der Waals surface area contributed by atoms with Crippen LogP contribution in [0.3, 0.4) is 0 Å². The molecule has 0 spiro atoms. The Morgan fingerprint density at radius 3 is 2.06 bits per heavy atom. The number of carbonyl (C=O) groups excluding carboxylic acids is 1. The molecule has 4 nitrogen and oxygen atoms in total. The van der Waals surface area contributed by atoms with Gasteiger partial charge in [-0.3, -0.25) is 9.69 Å². The SMILES string of the molecule is O=C1C(Cc2ccc(F)cc2)OC(c2ccc(Cl)cc2)C(c2ccc(Cl)cc2)N1c1ccnc(Cl)c1. The van der Waals surface area contributed by atoms with Crippen LogP contribution in [0.5, 0.6) is 0 Å². The predicted octanol–water partition coefficient (Wildman–Crippen LogP) is 7.64. The Balaban J connectivity index is 1.64. The van der Waals surface area contributed by atoms with Gasteiger partial charge < -0.3 is 4.74 Å². The van der Waals surface area contributed by atoms with Crippen LogP contribution in [0.1, 0.15) is 28.8 Å². The predicted molar refractivity (Wildman–Crippen MR) is 140 cm³/mol. The van der Waals surface area contributed by atoms with Crippen molar-refractivity contribution < 1.29 is 13.9 Å². The van der Waals surface area contributed by atoms with Gasteiger partial charge in [-0.05, 0) is 65.2 Å². The van der Waals surface area contributed by atoms with E-state index in [1.54, 1.807) is 59.6 Å². The fourth-order valence-corrected chi connectivity index (χ4v) is 4.85. The number of morpholine rings is 1. The summed E-state index contributed by atoms with van der Waals surface area (Å²) in [5, 5.41) is 1.44. The van der Waals surface area contributed by atoms with E-state index in [1.165, 1.54) is 12.1 Å². The number of benzene rings is 3. The van der Waals surface area contributed by atoms with E-state index in [9.17, 15) is 9.18 Å². The Morgan fingerprint density at radius 2 is 1.44 bits per heavy atom. The zero-order valence-corrected chi connectivity index (χ0v) is 21.1. The van der Waals surface area contributed by atoms with Crippen LogP contribution in [0, 0.1) is 5.82 Å². The maximum atomic E-state index is 14.0. The molecule has 3 unspecified atom stereocenters. The van der Waals surface area contributed by atoms with E-state index in [0.29, 0.717) is 15.7 Å². The summed E-state index contributed by atoms with van der Waals surface area (Å²) in [6, 6.07) is 23.6. The molecule has 2 heterocycles. The first-order valence-corrected chi connectivity index (χ1v) is 12.4. The van der Waals surface area contributed by atoms with Gasteiger partial charge in [0.15, 0.2) is 0 Å². The largest absolute Gasteiger partial charge is 0.358 e. The van der Waals surface area contributed by atoms with Crippen LogP contribution in [0.15, 0.2) is 91.1 Å². The summed E-state index contributed by atoms with van der Waals surface area (Å²) >= 11 is 18.6. The quantitative estimate of drug-likeness (QED) is 0.244. The highest BCUT2D eigenvalue weighted by atomic mass is 35.5. The monoisotopic (exact) mass is 540 g/mol. The first kappa shape index (κ1) is 24.7. The Bertz CT molecular complexity index is 1370. The number of amides is 1. The topological polar surface area (TPSA) is 42.4 Å². The first-order valence-electron chi connectivity index (χ1n) is 11.2. The maximum Gasteiger partial charge on any atom is 0.257 e. The molecule has 1 aromatic heterocycles. The molecule has 0 N–H and O–H groups in total. The summed E-state index contributed by atoms with van der Waals surface area (Å²) in [7, 11) is 0. The lowest BCUT2D eigenvalue weighted by molar-refractivity contribution is -0.144. The van der Waals surface area contributed by atoms with Crippen molar-refractivity contribution in [1.82, 2.24) is 4.98 Å². The van der Waals surface area contributed by atoms with Gasteiger partial charge in [0.1, 0.15) is 23.2 Å². The molecule has 1 aliphatic heterocycles. The van der Waals surface area contributed by atoms with Crippen LogP contribution in [-0.4, -0.2) is 17.0 Å². The van der Waals surface area contributed by atoms with E-state index in [-0.39, 0.29) is 23.3 Å². The van der Waals surface area contributed by atoms with Crippen molar-refractivity contribution in [3.8, 4) is 0 Å². The Kier molecular flexibility index (Phi) is 7.26. The van der Waals surface area contributed by atoms with Gasteiger partial charge in [0.2, 0.25) is 0 Å². The van der Waals surface area contributed by atoms with Crippen molar-refractivity contribution in [2.24, 2.45) is 0 Å². The maximum absolute atomic E-state index is 14.0.